The fourth-order valence-electron chi connectivity index (χ4n) is 3.42. The Hall–Kier alpha value is -3.14. The third-order valence-electron chi connectivity index (χ3n) is 4.54. The van der Waals surface area contributed by atoms with Crippen molar-refractivity contribution in [3.63, 3.8) is 0 Å². The number of rotatable bonds is 3. The highest BCUT2D eigenvalue weighted by molar-refractivity contribution is 5.54. The Morgan fingerprint density at radius 1 is 0.840 bits per heavy atom. The number of anilines is 1. The van der Waals surface area contributed by atoms with Crippen LogP contribution in [0.25, 0.3) is 0 Å². The van der Waals surface area contributed by atoms with Crippen molar-refractivity contribution in [3.8, 4) is 0 Å². The SMILES string of the molecule is OC1=CC(c2cccnc2)N(c2ccccc2)C(c2cccnc2)C1. The first-order valence-corrected chi connectivity index (χ1v) is 8.36. The summed E-state index contributed by atoms with van der Waals surface area (Å²) in [6.07, 6.45) is 9.73. The Balaban J connectivity index is 1.85. The van der Waals surface area contributed by atoms with Crippen molar-refractivity contribution in [2.24, 2.45) is 0 Å². The largest absolute Gasteiger partial charge is 0.512 e. The third-order valence-corrected chi connectivity index (χ3v) is 4.54. The van der Waals surface area contributed by atoms with Crippen LogP contribution in [0.2, 0.25) is 0 Å². The average Bonchev–Trinajstić information content (AvgIpc) is 2.69. The molecule has 4 nitrogen and oxygen atoms in total. The van der Waals surface area contributed by atoms with Crippen LogP contribution in [0.15, 0.2) is 91.2 Å². The van der Waals surface area contributed by atoms with Crippen molar-refractivity contribution in [2.75, 3.05) is 4.90 Å². The molecule has 1 aliphatic rings. The summed E-state index contributed by atoms with van der Waals surface area (Å²) in [6, 6.07) is 18.2. The molecule has 2 atom stereocenters. The molecule has 3 aromatic rings. The summed E-state index contributed by atoms with van der Waals surface area (Å²) in [5, 5.41) is 10.4. The van der Waals surface area contributed by atoms with Crippen molar-refractivity contribution >= 4 is 5.69 Å². The van der Waals surface area contributed by atoms with Gasteiger partial charge in [0, 0.05) is 36.9 Å². The molecule has 0 spiro atoms. The predicted molar refractivity (Wildman–Crippen MR) is 98.2 cm³/mol. The maximum Gasteiger partial charge on any atom is 0.0930 e. The zero-order valence-electron chi connectivity index (χ0n) is 13.7. The monoisotopic (exact) mass is 329 g/mol. The molecule has 0 fully saturated rings. The molecule has 1 aromatic carbocycles. The Bertz CT molecular complexity index is 850. The van der Waals surface area contributed by atoms with Crippen LogP contribution in [0.1, 0.15) is 29.6 Å². The second kappa shape index (κ2) is 6.77. The minimum absolute atomic E-state index is 0.00584. The summed E-state index contributed by atoms with van der Waals surface area (Å²) in [7, 11) is 0. The third kappa shape index (κ3) is 3.11. The number of nitrogens with zero attached hydrogens (tertiary/aromatic N) is 3. The van der Waals surface area contributed by atoms with Gasteiger partial charge in [-0.1, -0.05) is 30.3 Å². The van der Waals surface area contributed by atoms with Crippen molar-refractivity contribution in [1.29, 1.82) is 0 Å². The van der Waals surface area contributed by atoms with Crippen LogP contribution in [-0.2, 0) is 0 Å². The van der Waals surface area contributed by atoms with Gasteiger partial charge in [0.2, 0.25) is 0 Å². The van der Waals surface area contributed by atoms with Crippen molar-refractivity contribution in [1.82, 2.24) is 9.97 Å². The molecule has 4 rings (SSSR count). The molecule has 2 unspecified atom stereocenters. The number of aliphatic hydroxyl groups excluding tert-OH is 1. The Morgan fingerprint density at radius 2 is 1.52 bits per heavy atom. The van der Waals surface area contributed by atoms with Gasteiger partial charge in [0.15, 0.2) is 0 Å². The normalized spacial score (nSPS) is 20.2. The molecular weight excluding hydrogens is 310 g/mol. The highest BCUT2D eigenvalue weighted by Gasteiger charge is 2.33. The molecule has 0 amide bonds. The molecule has 4 heteroatoms. The lowest BCUT2D eigenvalue weighted by Crippen LogP contribution is -2.35. The van der Waals surface area contributed by atoms with Crippen molar-refractivity contribution in [3.05, 3.63) is 102 Å². The van der Waals surface area contributed by atoms with Gasteiger partial charge in [0.25, 0.3) is 0 Å². The fourth-order valence-corrected chi connectivity index (χ4v) is 3.42. The number of aliphatic hydroxyl groups is 1. The molecule has 0 bridgehead atoms. The lowest BCUT2D eigenvalue weighted by Gasteiger charge is -2.42. The number of para-hydroxylation sites is 1. The van der Waals surface area contributed by atoms with Gasteiger partial charge >= 0.3 is 0 Å². The number of pyridine rings is 2. The van der Waals surface area contributed by atoms with E-state index in [2.05, 4.69) is 33.1 Å². The van der Waals surface area contributed by atoms with Crippen LogP contribution < -0.4 is 4.90 Å². The van der Waals surface area contributed by atoms with E-state index in [9.17, 15) is 5.11 Å². The van der Waals surface area contributed by atoms with Crippen LogP contribution in [0.5, 0.6) is 0 Å². The minimum atomic E-state index is -0.0879. The van der Waals surface area contributed by atoms with E-state index in [1.165, 1.54) is 0 Å². The Kier molecular flexibility index (Phi) is 4.17. The molecule has 0 saturated carbocycles. The molecular formula is C21H19N3O. The number of hydrogen-bond donors (Lipinski definition) is 1. The highest BCUT2D eigenvalue weighted by Crippen LogP contribution is 2.42. The first-order valence-electron chi connectivity index (χ1n) is 8.36. The van der Waals surface area contributed by atoms with Gasteiger partial charge in [-0.25, -0.2) is 0 Å². The van der Waals surface area contributed by atoms with E-state index in [0.29, 0.717) is 12.2 Å². The van der Waals surface area contributed by atoms with Gasteiger partial charge in [-0.15, -0.1) is 0 Å². The number of aromatic nitrogens is 2. The molecule has 0 saturated heterocycles. The second-order valence-corrected chi connectivity index (χ2v) is 6.14. The second-order valence-electron chi connectivity index (χ2n) is 6.14. The Labute approximate surface area is 147 Å². The standard InChI is InChI=1S/C21H19N3O/c25-19-12-20(16-6-4-10-22-14-16)24(18-8-2-1-3-9-18)21(13-19)17-7-5-11-23-15-17/h1-12,14-15,20-21,25H,13H2. The maximum atomic E-state index is 10.4. The summed E-state index contributed by atoms with van der Waals surface area (Å²) in [5.41, 5.74) is 3.24. The first-order chi connectivity index (χ1) is 12.3. The lowest BCUT2D eigenvalue weighted by molar-refractivity contribution is 0.345. The summed E-state index contributed by atoms with van der Waals surface area (Å²) < 4.78 is 0. The topological polar surface area (TPSA) is 49.3 Å². The minimum Gasteiger partial charge on any atom is -0.512 e. The van der Waals surface area contributed by atoms with E-state index in [1.807, 2.05) is 54.9 Å². The maximum absolute atomic E-state index is 10.4. The van der Waals surface area contributed by atoms with Gasteiger partial charge in [0.05, 0.1) is 17.8 Å². The van der Waals surface area contributed by atoms with Crippen LogP contribution >= 0.6 is 0 Å². The van der Waals surface area contributed by atoms with E-state index in [4.69, 9.17) is 0 Å². The lowest BCUT2D eigenvalue weighted by atomic mass is 9.92. The Morgan fingerprint density at radius 3 is 2.16 bits per heavy atom. The van der Waals surface area contributed by atoms with Crippen LogP contribution in [0, 0.1) is 0 Å². The summed E-state index contributed by atoms with van der Waals surface area (Å²) in [6.45, 7) is 0. The average molecular weight is 329 g/mol. The van der Waals surface area contributed by atoms with Crippen LogP contribution in [0.3, 0.4) is 0 Å². The van der Waals surface area contributed by atoms with E-state index in [1.54, 1.807) is 12.4 Å². The van der Waals surface area contributed by atoms with E-state index in [-0.39, 0.29) is 12.1 Å². The summed E-state index contributed by atoms with van der Waals surface area (Å²) in [4.78, 5) is 10.9. The van der Waals surface area contributed by atoms with E-state index in [0.717, 1.165) is 16.8 Å². The zero-order valence-corrected chi connectivity index (χ0v) is 13.7. The fraction of sp³-hybridized carbons (Fsp3) is 0.143. The van der Waals surface area contributed by atoms with Gasteiger partial charge in [0.1, 0.15) is 0 Å². The molecule has 0 radical (unpaired) electrons. The first kappa shape index (κ1) is 15.4. The molecule has 1 aliphatic heterocycles. The zero-order chi connectivity index (χ0) is 17.1. The molecule has 25 heavy (non-hydrogen) atoms. The molecule has 124 valence electrons. The van der Waals surface area contributed by atoms with Gasteiger partial charge in [-0.3, -0.25) is 9.97 Å². The smallest absolute Gasteiger partial charge is 0.0930 e. The molecule has 1 N–H and O–H groups in total. The van der Waals surface area contributed by atoms with Gasteiger partial charge in [-0.05, 0) is 41.5 Å². The molecule has 2 aromatic heterocycles. The molecule has 3 heterocycles. The number of hydrogen-bond acceptors (Lipinski definition) is 4. The highest BCUT2D eigenvalue weighted by atomic mass is 16.3. The molecule has 0 aliphatic carbocycles. The predicted octanol–water partition coefficient (Wildman–Crippen LogP) is 4.61. The van der Waals surface area contributed by atoms with Crippen LogP contribution in [-0.4, -0.2) is 15.1 Å². The van der Waals surface area contributed by atoms with E-state index >= 15 is 0 Å². The summed E-state index contributed by atoms with van der Waals surface area (Å²) in [5.74, 6) is 0.398. The van der Waals surface area contributed by atoms with Gasteiger partial charge in [-0.2, -0.15) is 0 Å². The van der Waals surface area contributed by atoms with E-state index < -0.39 is 0 Å². The van der Waals surface area contributed by atoms with Crippen molar-refractivity contribution < 1.29 is 5.11 Å². The van der Waals surface area contributed by atoms with Crippen LogP contribution in [0.4, 0.5) is 5.69 Å². The summed E-state index contributed by atoms with van der Waals surface area (Å²) >= 11 is 0. The number of benzene rings is 1. The quantitative estimate of drug-likeness (QED) is 0.762. The van der Waals surface area contributed by atoms with Gasteiger partial charge < -0.3 is 10.0 Å². The van der Waals surface area contributed by atoms with Crippen molar-refractivity contribution in [2.45, 2.75) is 18.5 Å².